The Balaban J connectivity index is 1.53. The summed E-state index contributed by atoms with van der Waals surface area (Å²) in [4.78, 5) is 19.6. The van der Waals surface area contributed by atoms with Gasteiger partial charge in [0.2, 0.25) is 0 Å². The Kier molecular flexibility index (Phi) is 6.33. The average molecular weight is 561 g/mol. The second-order valence-electron chi connectivity index (χ2n) is 10.7. The van der Waals surface area contributed by atoms with E-state index in [1.165, 1.54) is 19.2 Å². The molecule has 5 aromatic rings. The Bertz CT molecular complexity index is 1750. The zero-order valence-corrected chi connectivity index (χ0v) is 23.8. The van der Waals surface area contributed by atoms with Crippen molar-refractivity contribution in [3.05, 3.63) is 59.6 Å². The lowest BCUT2D eigenvalue weighted by Crippen LogP contribution is -2.41. The summed E-state index contributed by atoms with van der Waals surface area (Å²) in [7, 11) is 3.40. The van der Waals surface area contributed by atoms with Gasteiger partial charge in [-0.1, -0.05) is 0 Å². The van der Waals surface area contributed by atoms with Crippen LogP contribution in [0, 0.1) is 5.82 Å². The second kappa shape index (κ2) is 9.74. The summed E-state index contributed by atoms with van der Waals surface area (Å²) in [5, 5.41) is 12.3. The van der Waals surface area contributed by atoms with Gasteiger partial charge in [-0.05, 0) is 50.4 Å². The number of carbonyl (C=O) groups is 1. The second-order valence-corrected chi connectivity index (χ2v) is 11.7. The molecule has 5 heterocycles. The van der Waals surface area contributed by atoms with Gasteiger partial charge in [0.15, 0.2) is 0 Å². The van der Waals surface area contributed by atoms with Crippen LogP contribution in [0.4, 0.5) is 9.18 Å². The van der Waals surface area contributed by atoms with Gasteiger partial charge in [-0.15, -0.1) is 11.3 Å². The molecule has 1 aromatic carbocycles. The standard InChI is InChI=1S/C29H29FN6O3S/c1-29(2,3)39-28(37)35-9-10-36-19(16-35)13-22(33-36)26-24(20-7-6-18(30)12-23(20)38-5)27-21(8-11-40-27)25(32-26)17-14-31-34(4)15-17/h6-8,11-15H,9-10,16H2,1-5H3. The van der Waals surface area contributed by atoms with Gasteiger partial charge in [-0.3, -0.25) is 9.36 Å². The van der Waals surface area contributed by atoms with Crippen LogP contribution in [0.15, 0.2) is 48.1 Å². The SMILES string of the molecule is COc1cc(F)ccc1-c1c(-c2cc3n(n2)CCN(C(=O)OC(C)(C)C)C3)nc(-c2cnn(C)c2)c2ccsc12. The molecular weight excluding hydrogens is 531 g/mol. The minimum atomic E-state index is -0.578. The topological polar surface area (TPSA) is 87.3 Å². The van der Waals surface area contributed by atoms with Crippen LogP contribution < -0.4 is 4.74 Å². The molecule has 9 nitrogen and oxygen atoms in total. The molecule has 0 bridgehead atoms. The highest BCUT2D eigenvalue weighted by Gasteiger charge is 2.29. The van der Waals surface area contributed by atoms with Gasteiger partial charge in [0.1, 0.15) is 28.6 Å². The molecule has 1 amide bonds. The van der Waals surface area contributed by atoms with Crippen molar-refractivity contribution in [2.45, 2.75) is 39.5 Å². The van der Waals surface area contributed by atoms with E-state index in [9.17, 15) is 9.18 Å². The van der Waals surface area contributed by atoms with E-state index in [0.717, 1.165) is 38.2 Å². The summed E-state index contributed by atoms with van der Waals surface area (Å²) in [5.41, 5.74) is 4.79. The fraction of sp³-hybridized carbons (Fsp3) is 0.310. The fourth-order valence-electron chi connectivity index (χ4n) is 4.96. The molecule has 0 saturated carbocycles. The third kappa shape index (κ3) is 4.70. The zero-order chi connectivity index (χ0) is 28.2. The predicted octanol–water partition coefficient (Wildman–Crippen LogP) is 6.13. The summed E-state index contributed by atoms with van der Waals surface area (Å²) in [6.07, 6.45) is 3.37. The lowest BCUT2D eigenvalue weighted by molar-refractivity contribution is 0.0194. The number of aryl methyl sites for hydroxylation is 1. The van der Waals surface area contributed by atoms with E-state index >= 15 is 0 Å². The maximum absolute atomic E-state index is 14.2. The van der Waals surface area contributed by atoms with Crippen LogP contribution in [0.3, 0.4) is 0 Å². The molecule has 1 aliphatic rings. The highest BCUT2D eigenvalue weighted by molar-refractivity contribution is 7.18. The van der Waals surface area contributed by atoms with Gasteiger partial charge < -0.3 is 14.4 Å². The van der Waals surface area contributed by atoms with Gasteiger partial charge in [0.05, 0.1) is 37.8 Å². The normalized spacial score (nSPS) is 13.5. The Morgan fingerprint density at radius 2 is 1.95 bits per heavy atom. The summed E-state index contributed by atoms with van der Waals surface area (Å²) in [5.74, 6) is 0.0242. The Labute approximate surface area is 234 Å². The summed E-state index contributed by atoms with van der Waals surface area (Å²) in [6.45, 7) is 6.95. The van der Waals surface area contributed by atoms with Crippen LogP contribution in [0.2, 0.25) is 0 Å². The smallest absolute Gasteiger partial charge is 0.410 e. The van der Waals surface area contributed by atoms with E-state index in [-0.39, 0.29) is 11.9 Å². The summed E-state index contributed by atoms with van der Waals surface area (Å²) >= 11 is 1.58. The lowest BCUT2D eigenvalue weighted by atomic mass is 9.97. The summed E-state index contributed by atoms with van der Waals surface area (Å²) in [6, 6.07) is 8.52. The van der Waals surface area contributed by atoms with E-state index < -0.39 is 5.60 Å². The molecule has 0 radical (unpaired) electrons. The van der Waals surface area contributed by atoms with Crippen LogP contribution in [-0.2, 0) is 24.9 Å². The molecule has 0 aliphatic carbocycles. The molecule has 0 fully saturated rings. The summed E-state index contributed by atoms with van der Waals surface area (Å²) < 4.78 is 30.1. The molecule has 11 heteroatoms. The number of aromatic nitrogens is 5. The van der Waals surface area contributed by atoms with E-state index in [0.29, 0.717) is 36.8 Å². The number of fused-ring (bicyclic) bond motifs is 2. The zero-order valence-electron chi connectivity index (χ0n) is 22.9. The Morgan fingerprint density at radius 1 is 1.12 bits per heavy atom. The lowest BCUT2D eigenvalue weighted by Gasteiger charge is -2.30. The molecular formula is C29H29FN6O3S. The average Bonchev–Trinajstić information content (AvgIpc) is 3.66. The number of benzene rings is 1. The number of methoxy groups -OCH3 is 1. The van der Waals surface area contributed by atoms with Crippen molar-refractivity contribution >= 4 is 27.5 Å². The van der Waals surface area contributed by atoms with Crippen LogP contribution in [-0.4, -0.2) is 54.8 Å². The number of pyridine rings is 1. The van der Waals surface area contributed by atoms with E-state index in [4.69, 9.17) is 19.6 Å². The molecule has 0 saturated heterocycles. The number of carbonyl (C=O) groups excluding carboxylic acids is 1. The molecule has 40 heavy (non-hydrogen) atoms. The number of hydrogen-bond acceptors (Lipinski definition) is 7. The first-order valence-corrected chi connectivity index (χ1v) is 13.8. The van der Waals surface area contributed by atoms with Crippen molar-refractivity contribution in [1.29, 1.82) is 0 Å². The minimum Gasteiger partial charge on any atom is -0.496 e. The van der Waals surface area contributed by atoms with E-state index in [1.54, 1.807) is 33.2 Å². The van der Waals surface area contributed by atoms with Gasteiger partial charge >= 0.3 is 6.09 Å². The van der Waals surface area contributed by atoms with Crippen LogP contribution >= 0.6 is 11.3 Å². The first kappa shape index (κ1) is 26.0. The molecule has 0 unspecified atom stereocenters. The Morgan fingerprint density at radius 3 is 2.67 bits per heavy atom. The van der Waals surface area contributed by atoms with Crippen molar-refractivity contribution < 1.29 is 18.7 Å². The molecule has 4 aromatic heterocycles. The number of nitrogens with zero attached hydrogens (tertiary/aromatic N) is 6. The quantitative estimate of drug-likeness (QED) is 0.263. The monoisotopic (exact) mass is 560 g/mol. The Hall–Kier alpha value is -4.25. The maximum Gasteiger partial charge on any atom is 0.410 e. The molecule has 0 atom stereocenters. The first-order chi connectivity index (χ1) is 19.1. The van der Waals surface area contributed by atoms with Gasteiger partial charge in [-0.2, -0.15) is 10.2 Å². The number of amides is 1. The fourth-order valence-corrected chi connectivity index (χ4v) is 5.92. The number of hydrogen-bond donors (Lipinski definition) is 0. The van der Waals surface area contributed by atoms with Crippen molar-refractivity contribution in [3.8, 4) is 39.5 Å². The number of halogens is 1. The van der Waals surface area contributed by atoms with Crippen LogP contribution in [0.25, 0.3) is 43.9 Å². The van der Waals surface area contributed by atoms with Crippen molar-refractivity contribution in [2.75, 3.05) is 13.7 Å². The van der Waals surface area contributed by atoms with Crippen LogP contribution in [0.1, 0.15) is 26.5 Å². The maximum atomic E-state index is 14.2. The number of rotatable bonds is 4. The molecule has 6 rings (SSSR count). The number of thiophene rings is 1. The van der Waals surface area contributed by atoms with Crippen molar-refractivity contribution in [2.24, 2.45) is 7.05 Å². The molecule has 1 aliphatic heterocycles. The van der Waals surface area contributed by atoms with E-state index in [1.807, 2.05) is 56.2 Å². The predicted molar refractivity (Wildman–Crippen MR) is 152 cm³/mol. The molecule has 0 N–H and O–H groups in total. The minimum absolute atomic E-state index is 0.352. The number of ether oxygens (including phenoxy) is 2. The van der Waals surface area contributed by atoms with Gasteiger partial charge in [0, 0.05) is 52.6 Å². The highest BCUT2D eigenvalue weighted by Crippen LogP contribution is 2.45. The largest absolute Gasteiger partial charge is 0.496 e. The van der Waals surface area contributed by atoms with Gasteiger partial charge in [-0.25, -0.2) is 14.2 Å². The molecule has 0 spiro atoms. The van der Waals surface area contributed by atoms with Crippen molar-refractivity contribution in [1.82, 2.24) is 29.4 Å². The third-order valence-electron chi connectivity index (χ3n) is 6.71. The molecule has 206 valence electrons. The first-order valence-electron chi connectivity index (χ1n) is 12.9. The highest BCUT2D eigenvalue weighted by atomic mass is 32.1. The van der Waals surface area contributed by atoms with Gasteiger partial charge in [0.25, 0.3) is 0 Å². The van der Waals surface area contributed by atoms with Crippen LogP contribution in [0.5, 0.6) is 5.75 Å². The van der Waals surface area contributed by atoms with Crippen molar-refractivity contribution in [3.63, 3.8) is 0 Å². The van der Waals surface area contributed by atoms with E-state index in [2.05, 4.69) is 5.10 Å². The third-order valence-corrected chi connectivity index (χ3v) is 7.64.